The van der Waals surface area contributed by atoms with E-state index in [1.54, 1.807) is 49.5 Å². The number of esters is 1. The number of carbonyl (C=O) groups is 1. The molecule has 0 amide bonds. The van der Waals surface area contributed by atoms with Gasteiger partial charge in [-0.25, -0.2) is 17.6 Å². The Balaban J connectivity index is 1.42. The van der Waals surface area contributed by atoms with Crippen molar-refractivity contribution in [1.29, 1.82) is 0 Å². The molecule has 206 valence electrons. The number of sulfonamides is 1. The topological polar surface area (TPSA) is 85.7 Å². The molecule has 0 bridgehead atoms. The molecule has 4 aromatic rings. The van der Waals surface area contributed by atoms with Crippen LogP contribution in [0.5, 0.6) is 0 Å². The average molecular weight is 561 g/mol. The molecule has 0 atom stereocenters. The molecule has 3 aromatic carbocycles. The van der Waals surface area contributed by atoms with Gasteiger partial charge in [0.2, 0.25) is 15.5 Å². The molecule has 9 heteroatoms. The summed E-state index contributed by atoms with van der Waals surface area (Å²) in [6.07, 6.45) is 3.46. The third-order valence-corrected chi connectivity index (χ3v) is 9.63. The van der Waals surface area contributed by atoms with E-state index in [-0.39, 0.29) is 36.2 Å². The van der Waals surface area contributed by atoms with Crippen LogP contribution in [-0.2, 0) is 27.8 Å². The summed E-state index contributed by atoms with van der Waals surface area (Å²) < 4.78 is 50.4. The van der Waals surface area contributed by atoms with Crippen LogP contribution in [0.4, 0.5) is 4.39 Å². The SMILES string of the molecule is CCOC(=O)c1cn(C2CC2)c2c(C)c(-c3cc(F)c4c(c3)CN(S(=O)(=O)c3ccc(C)cc3)C4)ccc2c1=O. The first-order valence-electron chi connectivity index (χ1n) is 13.3. The summed E-state index contributed by atoms with van der Waals surface area (Å²) in [5.41, 5.74) is 4.40. The predicted octanol–water partition coefficient (Wildman–Crippen LogP) is 5.64. The van der Waals surface area contributed by atoms with Gasteiger partial charge in [0, 0.05) is 36.3 Å². The monoisotopic (exact) mass is 560 g/mol. The Morgan fingerprint density at radius 1 is 1.05 bits per heavy atom. The molecular weight excluding hydrogens is 531 g/mol. The normalized spacial score (nSPS) is 15.4. The van der Waals surface area contributed by atoms with Gasteiger partial charge in [-0.3, -0.25) is 4.79 Å². The van der Waals surface area contributed by atoms with Gasteiger partial charge < -0.3 is 9.30 Å². The molecule has 0 radical (unpaired) electrons. The average Bonchev–Trinajstić information content (AvgIpc) is 3.67. The second-order valence-electron chi connectivity index (χ2n) is 10.5. The molecular formula is C31H29FN2O5S. The lowest BCUT2D eigenvalue weighted by molar-refractivity contribution is 0.0524. The molecule has 1 aromatic heterocycles. The van der Waals surface area contributed by atoms with Crippen LogP contribution in [0.3, 0.4) is 0 Å². The second kappa shape index (κ2) is 9.67. The fourth-order valence-electron chi connectivity index (χ4n) is 5.55. The third kappa shape index (κ3) is 4.33. The summed E-state index contributed by atoms with van der Waals surface area (Å²) in [5, 5.41) is 0.413. The number of fused-ring (bicyclic) bond motifs is 2. The van der Waals surface area contributed by atoms with E-state index in [0.717, 1.165) is 29.5 Å². The van der Waals surface area contributed by atoms with Crippen molar-refractivity contribution < 1.29 is 22.3 Å². The van der Waals surface area contributed by atoms with Crippen LogP contribution in [0, 0.1) is 19.7 Å². The van der Waals surface area contributed by atoms with Crippen molar-refractivity contribution in [3.8, 4) is 11.1 Å². The quantitative estimate of drug-likeness (QED) is 0.285. The first kappa shape index (κ1) is 26.4. The Morgan fingerprint density at radius 2 is 1.77 bits per heavy atom. The summed E-state index contributed by atoms with van der Waals surface area (Å²) in [6, 6.07) is 13.5. The van der Waals surface area contributed by atoms with Gasteiger partial charge in [0.05, 0.1) is 17.0 Å². The maximum absolute atomic E-state index is 15.5. The number of nitrogens with zero attached hydrogens (tertiary/aromatic N) is 2. The third-order valence-electron chi connectivity index (χ3n) is 7.82. The van der Waals surface area contributed by atoms with Crippen LogP contribution in [0.2, 0.25) is 0 Å². The number of hydrogen-bond acceptors (Lipinski definition) is 5. The van der Waals surface area contributed by atoms with Crippen molar-refractivity contribution in [3.05, 3.63) is 98.6 Å². The van der Waals surface area contributed by atoms with Gasteiger partial charge in [0.1, 0.15) is 11.4 Å². The van der Waals surface area contributed by atoms with Crippen LogP contribution in [0.15, 0.2) is 64.4 Å². The van der Waals surface area contributed by atoms with E-state index in [0.29, 0.717) is 27.6 Å². The maximum atomic E-state index is 15.5. The summed E-state index contributed by atoms with van der Waals surface area (Å²) >= 11 is 0. The van der Waals surface area contributed by atoms with E-state index in [2.05, 4.69) is 0 Å². The van der Waals surface area contributed by atoms with Crippen molar-refractivity contribution in [2.75, 3.05) is 6.61 Å². The Morgan fingerprint density at radius 3 is 2.45 bits per heavy atom. The number of benzene rings is 3. The lowest BCUT2D eigenvalue weighted by atomic mass is 9.94. The number of ether oxygens (including phenoxy) is 1. The number of aromatic nitrogens is 1. The summed E-state index contributed by atoms with van der Waals surface area (Å²) in [7, 11) is -3.79. The lowest BCUT2D eigenvalue weighted by Crippen LogP contribution is -2.25. The van der Waals surface area contributed by atoms with Crippen LogP contribution in [0.1, 0.15) is 58.4 Å². The van der Waals surface area contributed by atoms with Crippen LogP contribution in [-0.4, -0.2) is 29.9 Å². The Kier molecular flexibility index (Phi) is 6.39. The minimum atomic E-state index is -3.79. The molecule has 2 heterocycles. The van der Waals surface area contributed by atoms with E-state index < -0.39 is 27.2 Å². The number of pyridine rings is 1. The van der Waals surface area contributed by atoms with Crippen LogP contribution < -0.4 is 5.43 Å². The molecule has 0 unspecified atom stereocenters. The van der Waals surface area contributed by atoms with Crippen molar-refractivity contribution in [2.45, 2.75) is 57.6 Å². The van der Waals surface area contributed by atoms with Gasteiger partial charge in [0.25, 0.3) is 0 Å². The minimum Gasteiger partial charge on any atom is -0.462 e. The van der Waals surface area contributed by atoms with E-state index >= 15 is 4.39 Å². The number of carbonyl (C=O) groups excluding carboxylic acids is 1. The van der Waals surface area contributed by atoms with E-state index in [1.807, 2.05) is 24.5 Å². The van der Waals surface area contributed by atoms with E-state index in [4.69, 9.17) is 4.74 Å². The fraction of sp³-hybridized carbons (Fsp3) is 0.290. The van der Waals surface area contributed by atoms with Crippen molar-refractivity contribution in [3.63, 3.8) is 0 Å². The molecule has 6 rings (SSSR count). The predicted molar refractivity (Wildman–Crippen MR) is 150 cm³/mol. The van der Waals surface area contributed by atoms with Gasteiger partial charge >= 0.3 is 5.97 Å². The molecule has 1 saturated carbocycles. The lowest BCUT2D eigenvalue weighted by Gasteiger charge is -2.17. The molecule has 1 aliphatic heterocycles. The van der Waals surface area contributed by atoms with Gasteiger partial charge in [-0.15, -0.1) is 0 Å². The Bertz CT molecular complexity index is 1860. The minimum absolute atomic E-state index is 0.00634. The highest BCUT2D eigenvalue weighted by molar-refractivity contribution is 7.89. The molecule has 0 spiro atoms. The van der Waals surface area contributed by atoms with Gasteiger partial charge in [-0.1, -0.05) is 23.8 Å². The number of halogens is 1. The van der Waals surface area contributed by atoms with E-state index in [1.165, 1.54) is 10.4 Å². The molecule has 2 aliphatic rings. The molecule has 1 fully saturated rings. The summed E-state index contributed by atoms with van der Waals surface area (Å²) in [6.45, 7) is 5.67. The first-order chi connectivity index (χ1) is 19.1. The highest BCUT2D eigenvalue weighted by Gasteiger charge is 2.33. The largest absolute Gasteiger partial charge is 0.462 e. The second-order valence-corrected chi connectivity index (χ2v) is 12.5. The van der Waals surface area contributed by atoms with Crippen LogP contribution in [0.25, 0.3) is 22.0 Å². The summed E-state index contributed by atoms with van der Waals surface area (Å²) in [5.74, 6) is -1.11. The zero-order valence-electron chi connectivity index (χ0n) is 22.5. The number of hydrogen-bond donors (Lipinski definition) is 0. The Hall–Kier alpha value is -3.82. The molecule has 0 N–H and O–H groups in total. The standard InChI is InChI=1S/C31H29FN2O5S/c1-4-39-31(36)27-17-34(22-7-8-22)29-19(3)24(11-12-25(29)30(27)35)20-13-21-15-33(16-26(21)28(32)14-20)40(37,38)23-9-5-18(2)6-10-23/h5-6,9-14,17,22H,4,7-8,15-16H2,1-3H3. The highest BCUT2D eigenvalue weighted by atomic mass is 32.2. The van der Waals surface area contributed by atoms with E-state index in [9.17, 15) is 18.0 Å². The Labute approximate surface area is 231 Å². The van der Waals surface area contributed by atoms with Crippen molar-refractivity contribution in [2.24, 2.45) is 0 Å². The first-order valence-corrected chi connectivity index (χ1v) is 14.8. The smallest absolute Gasteiger partial charge is 0.343 e. The molecule has 7 nitrogen and oxygen atoms in total. The fourth-order valence-corrected chi connectivity index (χ4v) is 6.94. The number of aryl methyl sites for hydroxylation is 2. The van der Waals surface area contributed by atoms with Crippen molar-refractivity contribution in [1.82, 2.24) is 8.87 Å². The molecule has 0 saturated heterocycles. The zero-order valence-corrected chi connectivity index (χ0v) is 23.3. The highest BCUT2D eigenvalue weighted by Crippen LogP contribution is 2.40. The van der Waals surface area contributed by atoms with Crippen molar-refractivity contribution >= 4 is 26.9 Å². The zero-order chi connectivity index (χ0) is 28.3. The van der Waals surface area contributed by atoms with Gasteiger partial charge in [0.15, 0.2) is 0 Å². The maximum Gasteiger partial charge on any atom is 0.343 e. The van der Waals surface area contributed by atoms with Gasteiger partial charge in [-0.2, -0.15) is 4.31 Å². The van der Waals surface area contributed by atoms with Crippen LogP contribution >= 0.6 is 0 Å². The molecule has 1 aliphatic carbocycles. The van der Waals surface area contributed by atoms with Gasteiger partial charge in [-0.05, 0) is 86.2 Å². The summed E-state index contributed by atoms with van der Waals surface area (Å²) in [4.78, 5) is 26.0. The molecule has 40 heavy (non-hydrogen) atoms. The number of rotatable bonds is 6.